The second-order valence-electron chi connectivity index (χ2n) is 2.01. The molecule has 11 heavy (non-hydrogen) atoms. The summed E-state index contributed by atoms with van der Waals surface area (Å²) < 4.78 is 26.3. The van der Waals surface area contributed by atoms with E-state index in [1.807, 2.05) is 0 Å². The van der Waals surface area contributed by atoms with Crippen molar-refractivity contribution >= 4 is 25.8 Å². The minimum atomic E-state index is -3.29. The highest BCUT2D eigenvalue weighted by atomic mass is 79.9. The molecular formula is C5H6BrNO3S. The van der Waals surface area contributed by atoms with Crippen molar-refractivity contribution in [2.75, 3.05) is 6.26 Å². The number of hydrogen-bond acceptors (Lipinski definition) is 4. The van der Waals surface area contributed by atoms with Crippen LogP contribution in [0.5, 0.6) is 0 Å². The lowest BCUT2D eigenvalue weighted by Crippen LogP contribution is -1.96. The average Bonchev–Trinajstić information content (AvgIpc) is 2.32. The van der Waals surface area contributed by atoms with Gasteiger partial charge in [-0.1, -0.05) is 15.9 Å². The van der Waals surface area contributed by atoms with E-state index >= 15 is 0 Å². The molecular weight excluding hydrogens is 234 g/mol. The van der Waals surface area contributed by atoms with Crippen molar-refractivity contribution in [1.29, 1.82) is 0 Å². The summed E-state index contributed by atoms with van der Waals surface area (Å²) in [5, 5.41) is 0.262. The highest BCUT2D eigenvalue weighted by Crippen LogP contribution is 2.10. The molecule has 0 N–H and O–H groups in total. The third-order valence-corrected chi connectivity index (χ3v) is 2.38. The second-order valence-corrected chi connectivity index (χ2v) is 4.46. The van der Waals surface area contributed by atoms with Crippen molar-refractivity contribution in [1.82, 2.24) is 4.98 Å². The molecule has 0 aromatic carbocycles. The van der Waals surface area contributed by atoms with Crippen LogP contribution in [0.4, 0.5) is 0 Å². The molecule has 0 saturated carbocycles. The van der Waals surface area contributed by atoms with E-state index in [2.05, 4.69) is 20.9 Å². The zero-order valence-corrected chi connectivity index (χ0v) is 8.15. The maximum Gasteiger partial charge on any atom is 0.314 e. The molecule has 62 valence electrons. The van der Waals surface area contributed by atoms with Gasteiger partial charge >= 0.3 is 5.22 Å². The average molecular weight is 240 g/mol. The maximum atomic E-state index is 10.8. The van der Waals surface area contributed by atoms with Gasteiger partial charge in [-0.15, -0.1) is 0 Å². The summed E-state index contributed by atoms with van der Waals surface area (Å²) >= 11 is 3.12. The first-order valence-corrected chi connectivity index (χ1v) is 5.76. The lowest BCUT2D eigenvalue weighted by atomic mass is 10.6. The molecule has 1 aromatic heterocycles. The molecule has 0 amide bonds. The molecule has 0 fully saturated rings. The standard InChI is InChI=1S/C5H6BrNO3S/c1-11(8,9)5-7-4(2-6)3-10-5/h3H,2H2,1H3. The van der Waals surface area contributed by atoms with Gasteiger partial charge in [-0.2, -0.15) is 0 Å². The smallest absolute Gasteiger partial charge is 0.314 e. The van der Waals surface area contributed by atoms with Crippen molar-refractivity contribution in [2.45, 2.75) is 10.6 Å². The van der Waals surface area contributed by atoms with Gasteiger partial charge in [0.1, 0.15) is 6.26 Å². The minimum Gasteiger partial charge on any atom is -0.436 e. The lowest BCUT2D eigenvalue weighted by Gasteiger charge is -1.85. The number of nitrogens with zero attached hydrogens (tertiary/aromatic N) is 1. The van der Waals surface area contributed by atoms with E-state index < -0.39 is 9.84 Å². The molecule has 6 heteroatoms. The van der Waals surface area contributed by atoms with Crippen LogP contribution in [0.1, 0.15) is 5.69 Å². The van der Waals surface area contributed by atoms with Crippen LogP contribution in [0, 0.1) is 0 Å². The summed E-state index contributed by atoms with van der Waals surface area (Å²) in [6, 6.07) is 0. The SMILES string of the molecule is CS(=O)(=O)c1nc(CBr)co1. The van der Waals surface area contributed by atoms with E-state index in [-0.39, 0.29) is 5.22 Å². The summed E-state index contributed by atoms with van der Waals surface area (Å²) in [6.07, 6.45) is 2.36. The fraction of sp³-hybridized carbons (Fsp3) is 0.400. The molecule has 0 aliphatic carbocycles. The Morgan fingerprint density at radius 2 is 2.36 bits per heavy atom. The normalized spacial score (nSPS) is 11.8. The number of halogens is 1. The van der Waals surface area contributed by atoms with Gasteiger partial charge < -0.3 is 4.42 Å². The number of rotatable bonds is 2. The van der Waals surface area contributed by atoms with Crippen molar-refractivity contribution in [3.63, 3.8) is 0 Å². The molecule has 1 aromatic rings. The van der Waals surface area contributed by atoms with Crippen molar-refractivity contribution in [3.05, 3.63) is 12.0 Å². The summed E-state index contributed by atoms with van der Waals surface area (Å²) in [7, 11) is -3.29. The van der Waals surface area contributed by atoms with E-state index in [1.54, 1.807) is 0 Å². The van der Waals surface area contributed by atoms with Crippen molar-refractivity contribution < 1.29 is 12.8 Å². The first kappa shape index (κ1) is 8.73. The number of aromatic nitrogens is 1. The molecule has 0 spiro atoms. The summed E-state index contributed by atoms with van der Waals surface area (Å²) in [5.41, 5.74) is 0.574. The molecule has 0 aliphatic rings. The molecule has 0 aliphatic heterocycles. The van der Waals surface area contributed by atoms with E-state index in [0.717, 1.165) is 6.26 Å². The molecule has 1 rings (SSSR count). The summed E-state index contributed by atoms with van der Waals surface area (Å²) in [6.45, 7) is 0. The topological polar surface area (TPSA) is 60.2 Å². The van der Waals surface area contributed by atoms with Crippen LogP contribution in [-0.4, -0.2) is 19.7 Å². The molecule has 0 atom stereocenters. The van der Waals surface area contributed by atoms with Crippen molar-refractivity contribution in [2.24, 2.45) is 0 Å². The van der Waals surface area contributed by atoms with Gasteiger partial charge in [0.15, 0.2) is 0 Å². The Labute approximate surface area is 72.7 Å². The Hall–Kier alpha value is -0.360. The van der Waals surface area contributed by atoms with Gasteiger partial charge in [-0.3, -0.25) is 0 Å². The number of sulfone groups is 1. The summed E-state index contributed by atoms with van der Waals surface area (Å²) in [5.74, 6) is 0. The Balaban J connectivity index is 3.09. The quantitative estimate of drug-likeness (QED) is 0.722. The molecule has 0 saturated heterocycles. The van der Waals surface area contributed by atoms with Gasteiger partial charge in [-0.25, -0.2) is 13.4 Å². The number of hydrogen-bond donors (Lipinski definition) is 0. The largest absolute Gasteiger partial charge is 0.436 e. The molecule has 4 nitrogen and oxygen atoms in total. The third-order valence-electron chi connectivity index (χ3n) is 0.985. The van der Waals surface area contributed by atoms with Crippen LogP contribution < -0.4 is 0 Å². The van der Waals surface area contributed by atoms with Crippen LogP contribution in [0.15, 0.2) is 15.9 Å². The van der Waals surface area contributed by atoms with Crippen LogP contribution in [0.3, 0.4) is 0 Å². The molecule has 1 heterocycles. The zero-order chi connectivity index (χ0) is 8.48. The molecule has 0 bridgehead atoms. The van der Waals surface area contributed by atoms with E-state index in [4.69, 9.17) is 4.42 Å². The van der Waals surface area contributed by atoms with Gasteiger partial charge in [0.2, 0.25) is 9.84 Å². The Morgan fingerprint density at radius 3 is 2.64 bits per heavy atom. The third kappa shape index (κ3) is 2.03. The van der Waals surface area contributed by atoms with Gasteiger partial charge in [0.05, 0.1) is 5.69 Å². The van der Waals surface area contributed by atoms with Gasteiger partial charge in [0.25, 0.3) is 0 Å². The Morgan fingerprint density at radius 1 is 1.73 bits per heavy atom. The van der Waals surface area contributed by atoms with E-state index in [0.29, 0.717) is 11.0 Å². The first-order chi connectivity index (χ1) is 5.04. The number of oxazole rings is 1. The van der Waals surface area contributed by atoms with E-state index in [9.17, 15) is 8.42 Å². The fourth-order valence-corrected chi connectivity index (χ4v) is 1.28. The van der Waals surface area contributed by atoms with E-state index in [1.165, 1.54) is 6.26 Å². The fourth-order valence-electron chi connectivity index (χ4n) is 0.520. The Bertz CT molecular complexity index is 342. The second kappa shape index (κ2) is 2.94. The highest BCUT2D eigenvalue weighted by Gasteiger charge is 2.13. The van der Waals surface area contributed by atoms with Crippen LogP contribution in [0.2, 0.25) is 0 Å². The predicted octanol–water partition coefficient (Wildman–Crippen LogP) is 0.973. The first-order valence-electron chi connectivity index (χ1n) is 2.74. The van der Waals surface area contributed by atoms with Crippen LogP contribution >= 0.6 is 15.9 Å². The van der Waals surface area contributed by atoms with Crippen LogP contribution in [0.25, 0.3) is 0 Å². The zero-order valence-electron chi connectivity index (χ0n) is 5.74. The number of alkyl halides is 1. The summed E-state index contributed by atoms with van der Waals surface area (Å²) in [4.78, 5) is 3.70. The maximum absolute atomic E-state index is 10.8. The Kier molecular flexibility index (Phi) is 2.34. The van der Waals surface area contributed by atoms with Crippen LogP contribution in [-0.2, 0) is 15.2 Å². The highest BCUT2D eigenvalue weighted by molar-refractivity contribution is 9.08. The lowest BCUT2D eigenvalue weighted by molar-refractivity contribution is 0.432. The molecule has 0 radical (unpaired) electrons. The monoisotopic (exact) mass is 239 g/mol. The van der Waals surface area contributed by atoms with Crippen molar-refractivity contribution in [3.8, 4) is 0 Å². The van der Waals surface area contributed by atoms with Gasteiger partial charge in [-0.05, 0) is 0 Å². The van der Waals surface area contributed by atoms with Gasteiger partial charge in [0, 0.05) is 11.6 Å². The minimum absolute atomic E-state index is 0.230. The predicted molar refractivity (Wildman–Crippen MR) is 42.2 cm³/mol. The molecule has 0 unspecified atom stereocenters.